The van der Waals surface area contributed by atoms with Crippen molar-refractivity contribution in [3.63, 3.8) is 0 Å². The Bertz CT molecular complexity index is 776. The van der Waals surface area contributed by atoms with Crippen molar-refractivity contribution in [2.45, 2.75) is 26.3 Å². The molecule has 108 valence electrons. The van der Waals surface area contributed by atoms with E-state index in [9.17, 15) is 4.79 Å². The second kappa shape index (κ2) is 5.31. The highest BCUT2D eigenvalue weighted by Crippen LogP contribution is 2.17. The zero-order valence-corrected chi connectivity index (χ0v) is 11.8. The van der Waals surface area contributed by atoms with Gasteiger partial charge in [-0.2, -0.15) is 9.61 Å². The molecule has 3 rings (SSSR count). The molecule has 0 radical (unpaired) electrons. The Morgan fingerprint density at radius 1 is 1.38 bits per heavy atom. The quantitative estimate of drug-likeness (QED) is 0.785. The number of hydrogen-bond donors (Lipinski definition) is 1. The zero-order chi connectivity index (χ0) is 14.8. The largest absolute Gasteiger partial charge is 0.307 e. The third kappa shape index (κ3) is 2.47. The van der Waals surface area contributed by atoms with Crippen LogP contribution in [-0.4, -0.2) is 35.7 Å². The highest BCUT2D eigenvalue weighted by atomic mass is 16.1. The molecule has 0 fully saturated rings. The van der Waals surface area contributed by atoms with Crippen LogP contribution in [0.15, 0.2) is 30.6 Å². The van der Waals surface area contributed by atoms with E-state index < -0.39 is 0 Å². The third-order valence-electron chi connectivity index (χ3n) is 3.37. The molecule has 0 saturated heterocycles. The fourth-order valence-corrected chi connectivity index (χ4v) is 2.00. The molecule has 8 heteroatoms. The van der Waals surface area contributed by atoms with Gasteiger partial charge in [-0.15, -0.1) is 5.10 Å². The summed E-state index contributed by atoms with van der Waals surface area (Å²) in [6.45, 7) is 4.12. The molecule has 0 bridgehead atoms. The summed E-state index contributed by atoms with van der Waals surface area (Å²) in [5, 5.41) is 18.2. The lowest BCUT2D eigenvalue weighted by atomic mass is 10.2. The summed E-state index contributed by atoms with van der Waals surface area (Å²) in [5.41, 5.74) is 1.07. The van der Waals surface area contributed by atoms with E-state index in [1.54, 1.807) is 35.3 Å². The Morgan fingerprint density at radius 3 is 3.05 bits per heavy atom. The fraction of sp³-hybridized carbons (Fsp3) is 0.308. The Labute approximate surface area is 120 Å². The number of nitrogens with zero attached hydrogens (tertiary/aromatic N) is 6. The molecule has 21 heavy (non-hydrogen) atoms. The summed E-state index contributed by atoms with van der Waals surface area (Å²) in [4.78, 5) is 12.3. The topological polar surface area (TPSA) is 90.0 Å². The minimum absolute atomic E-state index is 0.220. The van der Waals surface area contributed by atoms with Gasteiger partial charge in [0.05, 0.1) is 17.8 Å². The van der Waals surface area contributed by atoms with Crippen LogP contribution < -0.4 is 5.32 Å². The summed E-state index contributed by atoms with van der Waals surface area (Å²) in [6, 6.07) is 5.38. The van der Waals surface area contributed by atoms with Crippen molar-refractivity contribution < 1.29 is 4.79 Å². The molecule has 1 amide bonds. The van der Waals surface area contributed by atoms with Crippen molar-refractivity contribution in [1.29, 1.82) is 0 Å². The van der Waals surface area contributed by atoms with Crippen LogP contribution in [0.25, 0.3) is 5.65 Å². The highest BCUT2D eigenvalue weighted by molar-refractivity contribution is 6.03. The van der Waals surface area contributed by atoms with E-state index in [1.165, 1.54) is 4.52 Å². The van der Waals surface area contributed by atoms with Gasteiger partial charge < -0.3 is 5.32 Å². The van der Waals surface area contributed by atoms with Crippen molar-refractivity contribution >= 4 is 17.4 Å². The van der Waals surface area contributed by atoms with Gasteiger partial charge >= 0.3 is 0 Å². The molecule has 0 spiro atoms. The van der Waals surface area contributed by atoms with Crippen molar-refractivity contribution in [2.75, 3.05) is 5.32 Å². The first kappa shape index (κ1) is 13.2. The molecule has 8 nitrogen and oxygen atoms in total. The van der Waals surface area contributed by atoms with E-state index in [2.05, 4.69) is 39.8 Å². The maximum Gasteiger partial charge on any atom is 0.258 e. The second-order valence-corrected chi connectivity index (χ2v) is 4.77. The zero-order valence-electron chi connectivity index (χ0n) is 11.8. The molecule has 1 N–H and O–H groups in total. The number of nitrogens with one attached hydrogen (secondary N) is 1. The maximum atomic E-state index is 12.3. The summed E-state index contributed by atoms with van der Waals surface area (Å²) in [6.07, 6.45) is 4.20. The lowest BCUT2D eigenvalue weighted by molar-refractivity contribution is 0.102. The van der Waals surface area contributed by atoms with Crippen molar-refractivity contribution in [3.05, 3.63) is 36.2 Å². The van der Waals surface area contributed by atoms with Crippen LogP contribution in [0, 0.1) is 0 Å². The second-order valence-electron chi connectivity index (χ2n) is 4.77. The standard InChI is InChI=1S/C13H15N7O/c1-3-9(2)20-11(6-7-14-20)15-13(21)10-4-5-12-16-17-18-19(12)8-10/h4-9H,3H2,1-2H3,(H,15,21)/t9-/m1/s1. The van der Waals surface area contributed by atoms with E-state index in [0.29, 0.717) is 17.0 Å². The van der Waals surface area contributed by atoms with Gasteiger partial charge in [-0.1, -0.05) is 6.92 Å². The number of amides is 1. The molecular weight excluding hydrogens is 270 g/mol. The number of hydrogen-bond acceptors (Lipinski definition) is 5. The summed E-state index contributed by atoms with van der Waals surface area (Å²) in [7, 11) is 0. The van der Waals surface area contributed by atoms with Gasteiger partial charge in [0, 0.05) is 12.3 Å². The SMILES string of the molecule is CC[C@@H](C)n1nccc1NC(=O)c1ccc2nnnn2c1. The molecule has 0 saturated carbocycles. The molecular formula is C13H15N7O. The summed E-state index contributed by atoms with van der Waals surface area (Å²) >= 11 is 0. The number of rotatable bonds is 4. The van der Waals surface area contributed by atoms with Crippen LogP contribution in [-0.2, 0) is 0 Å². The van der Waals surface area contributed by atoms with Crippen molar-refractivity contribution in [2.24, 2.45) is 0 Å². The fourth-order valence-electron chi connectivity index (χ4n) is 2.00. The van der Waals surface area contributed by atoms with Gasteiger partial charge in [0.15, 0.2) is 5.65 Å². The van der Waals surface area contributed by atoms with Gasteiger partial charge in [0.2, 0.25) is 0 Å². The van der Waals surface area contributed by atoms with Crippen molar-refractivity contribution in [1.82, 2.24) is 29.8 Å². The highest BCUT2D eigenvalue weighted by Gasteiger charge is 2.13. The van der Waals surface area contributed by atoms with Crippen molar-refractivity contribution in [3.8, 4) is 0 Å². The predicted molar refractivity (Wildman–Crippen MR) is 76.0 cm³/mol. The summed E-state index contributed by atoms with van der Waals surface area (Å²) < 4.78 is 3.26. The number of tetrazole rings is 1. The number of anilines is 1. The molecule has 3 heterocycles. The number of carbonyl (C=O) groups is 1. The first-order valence-corrected chi connectivity index (χ1v) is 6.71. The molecule has 0 aliphatic rings. The Hall–Kier alpha value is -2.77. The van der Waals surface area contributed by atoms with Crippen LogP contribution in [0.1, 0.15) is 36.7 Å². The van der Waals surface area contributed by atoms with Crippen LogP contribution in [0.3, 0.4) is 0 Å². The van der Waals surface area contributed by atoms with E-state index >= 15 is 0 Å². The van der Waals surface area contributed by atoms with E-state index in [4.69, 9.17) is 0 Å². The third-order valence-corrected chi connectivity index (χ3v) is 3.37. The lowest BCUT2D eigenvalue weighted by Gasteiger charge is -2.14. The van der Waals surface area contributed by atoms with E-state index in [0.717, 1.165) is 6.42 Å². The van der Waals surface area contributed by atoms with Gasteiger partial charge in [-0.05, 0) is 35.9 Å². The van der Waals surface area contributed by atoms with Gasteiger partial charge in [0.25, 0.3) is 5.91 Å². The molecule has 1 atom stereocenters. The average molecular weight is 285 g/mol. The number of pyridine rings is 1. The first-order valence-electron chi connectivity index (χ1n) is 6.71. The monoisotopic (exact) mass is 285 g/mol. The van der Waals surface area contributed by atoms with Gasteiger partial charge in [-0.3, -0.25) is 4.79 Å². The predicted octanol–water partition coefficient (Wildman–Crippen LogP) is 1.54. The van der Waals surface area contributed by atoms with Gasteiger partial charge in [0.1, 0.15) is 5.82 Å². The molecule has 3 aromatic rings. The number of aromatic nitrogens is 6. The van der Waals surface area contributed by atoms with Crippen LogP contribution in [0.2, 0.25) is 0 Å². The van der Waals surface area contributed by atoms with Crippen LogP contribution in [0.5, 0.6) is 0 Å². The Balaban J connectivity index is 1.84. The van der Waals surface area contributed by atoms with Gasteiger partial charge in [-0.25, -0.2) is 4.68 Å². The normalized spacial score (nSPS) is 12.5. The molecule has 0 aliphatic carbocycles. The van der Waals surface area contributed by atoms with E-state index in [1.807, 2.05) is 0 Å². The Kier molecular flexibility index (Phi) is 3.35. The summed E-state index contributed by atoms with van der Waals surface area (Å²) in [5.74, 6) is 0.448. The molecule has 0 aromatic carbocycles. The molecule has 0 unspecified atom stereocenters. The minimum Gasteiger partial charge on any atom is -0.307 e. The maximum absolute atomic E-state index is 12.3. The average Bonchev–Trinajstić information content (AvgIpc) is 3.14. The minimum atomic E-state index is -0.225. The van der Waals surface area contributed by atoms with Crippen LogP contribution >= 0.6 is 0 Å². The van der Waals surface area contributed by atoms with Crippen LogP contribution in [0.4, 0.5) is 5.82 Å². The molecule has 3 aromatic heterocycles. The first-order chi connectivity index (χ1) is 10.2. The molecule has 0 aliphatic heterocycles. The smallest absolute Gasteiger partial charge is 0.258 e. The van der Waals surface area contributed by atoms with E-state index in [-0.39, 0.29) is 11.9 Å². The Morgan fingerprint density at radius 2 is 2.24 bits per heavy atom. The number of carbonyl (C=O) groups excluding carboxylic acids is 1. The lowest BCUT2D eigenvalue weighted by Crippen LogP contribution is -2.17. The number of fused-ring (bicyclic) bond motifs is 1.